The van der Waals surface area contributed by atoms with E-state index in [-0.39, 0.29) is 11.0 Å². The van der Waals surface area contributed by atoms with Crippen LogP contribution in [0.5, 0.6) is 0 Å². The van der Waals surface area contributed by atoms with Crippen molar-refractivity contribution in [3.8, 4) is 0 Å². The standard InChI is InChI=1S/C18H17ClNO4P/c1-10-6-11(2)8-13(7-10)25(23,24-3)17-14-9-12(19)4-5-15(14)20-16(17)18(21)22/h4-9,20H,1-3H3,(H,21,22). The number of aryl methyl sites for hydroxylation is 2. The van der Waals surface area contributed by atoms with Crippen molar-refractivity contribution in [3.05, 3.63) is 58.2 Å². The van der Waals surface area contributed by atoms with E-state index in [0.29, 0.717) is 21.2 Å². The van der Waals surface area contributed by atoms with Crippen LogP contribution in [0.3, 0.4) is 0 Å². The van der Waals surface area contributed by atoms with Gasteiger partial charge in [0.25, 0.3) is 7.37 Å². The van der Waals surface area contributed by atoms with Gasteiger partial charge < -0.3 is 14.6 Å². The summed E-state index contributed by atoms with van der Waals surface area (Å²) in [6.07, 6.45) is 0. The maximum absolute atomic E-state index is 13.9. The first-order chi connectivity index (χ1) is 11.8. The molecule has 1 atom stereocenters. The van der Waals surface area contributed by atoms with Crippen molar-refractivity contribution in [1.29, 1.82) is 0 Å². The molecule has 3 rings (SSSR count). The number of aromatic amines is 1. The Morgan fingerprint density at radius 1 is 1.16 bits per heavy atom. The summed E-state index contributed by atoms with van der Waals surface area (Å²) in [5, 5.41) is 11.1. The molecule has 2 aromatic carbocycles. The molecule has 0 amide bonds. The molecule has 7 heteroatoms. The van der Waals surface area contributed by atoms with Gasteiger partial charge in [-0.3, -0.25) is 4.57 Å². The van der Waals surface area contributed by atoms with Gasteiger partial charge >= 0.3 is 5.97 Å². The van der Waals surface area contributed by atoms with Crippen molar-refractivity contribution in [1.82, 2.24) is 4.98 Å². The summed E-state index contributed by atoms with van der Waals surface area (Å²) in [4.78, 5) is 14.6. The topological polar surface area (TPSA) is 79.4 Å². The van der Waals surface area contributed by atoms with Crippen LogP contribution in [0, 0.1) is 13.8 Å². The SMILES string of the molecule is COP(=O)(c1cc(C)cc(C)c1)c1c(C(=O)O)[nH]c2ccc(Cl)cc12. The van der Waals surface area contributed by atoms with E-state index in [2.05, 4.69) is 4.98 Å². The van der Waals surface area contributed by atoms with Gasteiger partial charge in [0, 0.05) is 28.3 Å². The van der Waals surface area contributed by atoms with E-state index in [1.165, 1.54) is 7.11 Å². The van der Waals surface area contributed by atoms with Crippen LogP contribution in [0.4, 0.5) is 0 Å². The zero-order valence-electron chi connectivity index (χ0n) is 14.0. The molecule has 0 radical (unpaired) electrons. The summed E-state index contributed by atoms with van der Waals surface area (Å²) >= 11 is 6.08. The minimum atomic E-state index is -3.64. The highest BCUT2D eigenvalue weighted by molar-refractivity contribution is 7.75. The molecule has 2 N–H and O–H groups in total. The Balaban J connectivity index is 2.42. The van der Waals surface area contributed by atoms with Crippen molar-refractivity contribution in [2.45, 2.75) is 13.8 Å². The molecule has 130 valence electrons. The molecular formula is C18H17ClNO4P. The van der Waals surface area contributed by atoms with Crippen LogP contribution < -0.4 is 10.6 Å². The Kier molecular flexibility index (Phi) is 4.50. The molecule has 3 aromatic rings. The minimum Gasteiger partial charge on any atom is -0.477 e. The van der Waals surface area contributed by atoms with E-state index in [4.69, 9.17) is 16.1 Å². The van der Waals surface area contributed by atoms with Gasteiger partial charge in [-0.05, 0) is 44.2 Å². The average molecular weight is 378 g/mol. The van der Waals surface area contributed by atoms with Crippen LogP contribution in [0.2, 0.25) is 5.02 Å². The van der Waals surface area contributed by atoms with Crippen LogP contribution in [-0.4, -0.2) is 23.2 Å². The number of fused-ring (bicyclic) bond motifs is 1. The Morgan fingerprint density at radius 3 is 2.36 bits per heavy atom. The Morgan fingerprint density at radius 2 is 1.80 bits per heavy atom. The molecule has 1 aromatic heterocycles. The van der Waals surface area contributed by atoms with E-state index >= 15 is 0 Å². The number of carboxylic acids is 1. The fraction of sp³-hybridized carbons (Fsp3) is 0.167. The van der Waals surface area contributed by atoms with E-state index in [1.807, 2.05) is 19.9 Å². The largest absolute Gasteiger partial charge is 0.477 e. The van der Waals surface area contributed by atoms with Crippen LogP contribution in [0.1, 0.15) is 21.6 Å². The normalized spacial score (nSPS) is 13.8. The maximum atomic E-state index is 13.9. The monoisotopic (exact) mass is 377 g/mol. The molecule has 0 spiro atoms. The van der Waals surface area contributed by atoms with Crippen molar-refractivity contribution in [3.63, 3.8) is 0 Å². The number of rotatable bonds is 4. The summed E-state index contributed by atoms with van der Waals surface area (Å²) in [7, 11) is -2.31. The lowest BCUT2D eigenvalue weighted by Crippen LogP contribution is -2.22. The van der Waals surface area contributed by atoms with E-state index in [1.54, 1.807) is 30.3 Å². The number of halogens is 1. The van der Waals surface area contributed by atoms with Crippen LogP contribution >= 0.6 is 19.0 Å². The molecule has 5 nitrogen and oxygen atoms in total. The second-order valence-corrected chi connectivity index (χ2v) is 8.79. The molecule has 25 heavy (non-hydrogen) atoms. The summed E-state index contributed by atoms with van der Waals surface area (Å²) < 4.78 is 19.3. The van der Waals surface area contributed by atoms with Gasteiger partial charge in [-0.1, -0.05) is 28.8 Å². The van der Waals surface area contributed by atoms with Gasteiger partial charge in [0.15, 0.2) is 0 Å². The molecule has 0 aliphatic carbocycles. The van der Waals surface area contributed by atoms with Crippen molar-refractivity contribution in [2.24, 2.45) is 0 Å². The zero-order chi connectivity index (χ0) is 18.4. The molecule has 0 saturated carbocycles. The Bertz CT molecular complexity index is 1020. The third-order valence-corrected chi connectivity index (χ3v) is 6.79. The highest BCUT2D eigenvalue weighted by Crippen LogP contribution is 2.47. The molecular weight excluding hydrogens is 361 g/mol. The number of H-pyrrole nitrogens is 1. The third-order valence-electron chi connectivity index (χ3n) is 4.04. The van der Waals surface area contributed by atoms with Gasteiger partial charge in [-0.15, -0.1) is 0 Å². The van der Waals surface area contributed by atoms with Crippen molar-refractivity contribution < 1.29 is 19.0 Å². The summed E-state index contributed by atoms with van der Waals surface area (Å²) in [5.41, 5.74) is 2.23. The van der Waals surface area contributed by atoms with E-state index in [0.717, 1.165) is 11.1 Å². The maximum Gasteiger partial charge on any atom is 0.353 e. The molecule has 0 aliphatic rings. The van der Waals surface area contributed by atoms with E-state index in [9.17, 15) is 14.5 Å². The van der Waals surface area contributed by atoms with Crippen molar-refractivity contribution in [2.75, 3.05) is 7.11 Å². The number of nitrogens with one attached hydrogen (secondary N) is 1. The first-order valence-corrected chi connectivity index (χ1v) is 9.56. The molecule has 1 unspecified atom stereocenters. The average Bonchev–Trinajstić information content (AvgIpc) is 2.92. The fourth-order valence-electron chi connectivity index (χ4n) is 3.06. The predicted molar refractivity (Wildman–Crippen MR) is 100 cm³/mol. The molecule has 0 bridgehead atoms. The first-order valence-electron chi connectivity index (χ1n) is 7.56. The Hall–Kier alpha value is -2.07. The summed E-state index contributed by atoms with van der Waals surface area (Å²) in [5.74, 6) is -1.20. The summed E-state index contributed by atoms with van der Waals surface area (Å²) in [6.45, 7) is 3.78. The number of benzene rings is 2. The molecule has 0 fully saturated rings. The molecule has 1 heterocycles. The second-order valence-electron chi connectivity index (χ2n) is 5.92. The first kappa shape index (κ1) is 17.7. The van der Waals surface area contributed by atoms with Gasteiger partial charge in [-0.25, -0.2) is 4.79 Å². The van der Waals surface area contributed by atoms with Crippen LogP contribution in [0.15, 0.2) is 36.4 Å². The van der Waals surface area contributed by atoms with Gasteiger partial charge in [0.05, 0.1) is 5.30 Å². The number of aromatic nitrogens is 1. The highest BCUT2D eigenvalue weighted by Gasteiger charge is 2.36. The smallest absolute Gasteiger partial charge is 0.353 e. The Labute approximate surface area is 150 Å². The lowest BCUT2D eigenvalue weighted by molar-refractivity contribution is 0.0692. The number of aromatic carboxylic acids is 1. The van der Waals surface area contributed by atoms with Crippen LogP contribution in [0.25, 0.3) is 10.9 Å². The van der Waals surface area contributed by atoms with Crippen LogP contribution in [-0.2, 0) is 9.09 Å². The zero-order valence-corrected chi connectivity index (χ0v) is 15.6. The number of carboxylic acid groups (broad SMARTS) is 1. The fourth-order valence-corrected chi connectivity index (χ4v) is 5.58. The number of carbonyl (C=O) groups is 1. The lowest BCUT2D eigenvalue weighted by atomic mass is 10.2. The lowest BCUT2D eigenvalue weighted by Gasteiger charge is -2.18. The second kappa shape index (κ2) is 6.34. The van der Waals surface area contributed by atoms with Crippen molar-refractivity contribution >= 4 is 46.5 Å². The van der Waals surface area contributed by atoms with Gasteiger partial charge in [0.2, 0.25) is 0 Å². The van der Waals surface area contributed by atoms with Gasteiger partial charge in [0.1, 0.15) is 5.69 Å². The predicted octanol–water partition coefficient (Wildman–Crippen LogP) is 4.01. The number of hydrogen-bond acceptors (Lipinski definition) is 3. The number of hydrogen-bond donors (Lipinski definition) is 2. The minimum absolute atomic E-state index is 0.130. The third kappa shape index (κ3) is 2.99. The quantitative estimate of drug-likeness (QED) is 0.673. The van der Waals surface area contributed by atoms with E-state index < -0.39 is 13.3 Å². The highest BCUT2D eigenvalue weighted by atomic mass is 35.5. The molecule has 0 aliphatic heterocycles. The summed E-state index contributed by atoms with van der Waals surface area (Å²) in [6, 6.07) is 10.4. The molecule has 0 saturated heterocycles. The van der Waals surface area contributed by atoms with Gasteiger partial charge in [-0.2, -0.15) is 0 Å².